The van der Waals surface area contributed by atoms with Crippen LogP contribution in [0, 0.1) is 19.7 Å². The summed E-state index contributed by atoms with van der Waals surface area (Å²) in [4.78, 5) is 20.4. The topological polar surface area (TPSA) is 71.8 Å². The van der Waals surface area contributed by atoms with Gasteiger partial charge in [0.2, 0.25) is 0 Å². The molecule has 3 heterocycles. The fourth-order valence-corrected chi connectivity index (χ4v) is 4.19. The lowest BCUT2D eigenvalue weighted by Gasteiger charge is -2.11. The molecular weight excluding hydrogens is 393 g/mol. The van der Waals surface area contributed by atoms with Crippen LogP contribution in [0.3, 0.4) is 0 Å². The van der Waals surface area contributed by atoms with Gasteiger partial charge in [-0.1, -0.05) is 12.1 Å². The first-order valence-electron chi connectivity index (χ1n) is 10.2. The molecule has 0 saturated carbocycles. The van der Waals surface area contributed by atoms with E-state index in [0.29, 0.717) is 36.5 Å². The summed E-state index contributed by atoms with van der Waals surface area (Å²) in [7, 11) is 0. The van der Waals surface area contributed by atoms with Crippen molar-refractivity contribution >= 4 is 22.6 Å². The maximum absolute atomic E-state index is 14.5. The lowest BCUT2D eigenvalue weighted by Crippen LogP contribution is -2.13. The number of amides is 1. The molecule has 6 nitrogen and oxygen atoms in total. The highest BCUT2D eigenvalue weighted by atomic mass is 19.1. The van der Waals surface area contributed by atoms with Crippen LogP contribution in [0.15, 0.2) is 48.8 Å². The van der Waals surface area contributed by atoms with Crippen molar-refractivity contribution in [3.05, 3.63) is 77.0 Å². The van der Waals surface area contributed by atoms with E-state index in [0.717, 1.165) is 33.5 Å². The summed E-state index contributed by atoms with van der Waals surface area (Å²) in [5.74, 6) is 0.458. The molecule has 7 heteroatoms. The van der Waals surface area contributed by atoms with E-state index in [1.165, 1.54) is 12.4 Å². The van der Waals surface area contributed by atoms with Crippen molar-refractivity contribution in [3.8, 4) is 11.3 Å². The van der Waals surface area contributed by atoms with Gasteiger partial charge in [0.05, 0.1) is 11.2 Å². The van der Waals surface area contributed by atoms with Gasteiger partial charge in [0, 0.05) is 47.9 Å². The van der Waals surface area contributed by atoms with Gasteiger partial charge in [0.25, 0.3) is 5.91 Å². The predicted octanol–water partition coefficient (Wildman–Crippen LogP) is 4.21. The molecule has 0 saturated heterocycles. The molecule has 156 valence electrons. The molecule has 1 aliphatic rings. The summed E-state index contributed by atoms with van der Waals surface area (Å²) < 4.78 is 16.5. The number of halogens is 1. The van der Waals surface area contributed by atoms with Crippen LogP contribution in [-0.2, 0) is 13.1 Å². The number of hydrogen-bond acceptors (Lipinski definition) is 4. The monoisotopic (exact) mass is 415 g/mol. The second-order valence-electron chi connectivity index (χ2n) is 7.83. The Hall–Kier alpha value is -3.74. The summed E-state index contributed by atoms with van der Waals surface area (Å²) in [6.07, 6.45) is 1.52. The second-order valence-corrected chi connectivity index (χ2v) is 7.83. The fourth-order valence-electron chi connectivity index (χ4n) is 4.19. The molecule has 0 atom stereocenters. The zero-order valence-corrected chi connectivity index (χ0v) is 17.4. The molecule has 0 radical (unpaired) electrons. The summed E-state index contributed by atoms with van der Waals surface area (Å²) in [6.45, 7) is 5.74. The Morgan fingerprint density at radius 1 is 1.13 bits per heavy atom. The first kappa shape index (κ1) is 19.2. The second kappa shape index (κ2) is 7.50. The first-order valence-corrected chi connectivity index (χ1v) is 10.2. The number of nitrogens with zero attached hydrogens (tertiary/aromatic N) is 3. The van der Waals surface area contributed by atoms with Gasteiger partial charge < -0.3 is 15.2 Å². The molecule has 0 unspecified atom stereocenters. The number of hydrogen-bond donors (Lipinski definition) is 2. The third-order valence-corrected chi connectivity index (χ3v) is 5.83. The zero-order valence-electron chi connectivity index (χ0n) is 17.4. The van der Waals surface area contributed by atoms with Crippen LogP contribution in [0.5, 0.6) is 0 Å². The molecule has 5 rings (SSSR count). The number of aromatic nitrogens is 3. The van der Waals surface area contributed by atoms with Crippen molar-refractivity contribution in [1.29, 1.82) is 0 Å². The Balaban J connectivity index is 1.34. The normalized spacial score (nSPS) is 12.8. The van der Waals surface area contributed by atoms with E-state index in [-0.39, 0.29) is 11.7 Å². The van der Waals surface area contributed by atoms with Crippen molar-refractivity contribution in [2.24, 2.45) is 0 Å². The van der Waals surface area contributed by atoms with E-state index in [4.69, 9.17) is 0 Å². The van der Waals surface area contributed by atoms with E-state index in [1.807, 2.05) is 54.8 Å². The molecule has 2 aromatic heterocycles. The number of fused-ring (bicyclic) bond motifs is 2. The SMILES string of the molecule is Cc1ccc(F)c2c1cc(C)n2CCNc1cc(-c2ccc3c(c2)CNC3=O)ncn1. The minimum atomic E-state index is -0.206. The van der Waals surface area contributed by atoms with Crippen molar-refractivity contribution in [1.82, 2.24) is 19.9 Å². The van der Waals surface area contributed by atoms with Crippen LogP contribution in [-0.4, -0.2) is 27.0 Å². The van der Waals surface area contributed by atoms with E-state index >= 15 is 0 Å². The summed E-state index contributed by atoms with van der Waals surface area (Å²) in [6, 6.07) is 13.0. The van der Waals surface area contributed by atoms with Gasteiger partial charge in [-0.25, -0.2) is 14.4 Å². The van der Waals surface area contributed by atoms with Crippen molar-refractivity contribution < 1.29 is 9.18 Å². The van der Waals surface area contributed by atoms with Crippen LogP contribution in [0.25, 0.3) is 22.2 Å². The smallest absolute Gasteiger partial charge is 0.251 e. The average Bonchev–Trinajstić information content (AvgIpc) is 3.31. The van der Waals surface area contributed by atoms with Gasteiger partial charge >= 0.3 is 0 Å². The van der Waals surface area contributed by atoms with E-state index in [1.54, 1.807) is 0 Å². The molecule has 2 aromatic carbocycles. The molecule has 0 bridgehead atoms. The van der Waals surface area contributed by atoms with Gasteiger partial charge in [0.15, 0.2) is 0 Å². The largest absolute Gasteiger partial charge is 0.368 e. The highest BCUT2D eigenvalue weighted by Gasteiger charge is 2.19. The Morgan fingerprint density at radius 2 is 2.00 bits per heavy atom. The zero-order chi connectivity index (χ0) is 21.5. The number of carbonyl (C=O) groups is 1. The first-order chi connectivity index (χ1) is 15.0. The molecule has 0 spiro atoms. The lowest BCUT2D eigenvalue weighted by molar-refractivity contribution is 0.0965. The quantitative estimate of drug-likeness (QED) is 0.512. The average molecular weight is 415 g/mol. The van der Waals surface area contributed by atoms with Crippen LogP contribution in [0.2, 0.25) is 0 Å². The predicted molar refractivity (Wildman–Crippen MR) is 118 cm³/mol. The molecular formula is C24H22FN5O. The molecule has 4 aromatic rings. The Morgan fingerprint density at radius 3 is 2.87 bits per heavy atom. The summed E-state index contributed by atoms with van der Waals surface area (Å²) in [5, 5.41) is 7.10. The number of rotatable bonds is 5. The Labute approximate surface area is 179 Å². The number of aryl methyl sites for hydroxylation is 2. The molecule has 1 aliphatic heterocycles. The van der Waals surface area contributed by atoms with Gasteiger partial charge in [-0.3, -0.25) is 4.79 Å². The third-order valence-electron chi connectivity index (χ3n) is 5.83. The van der Waals surface area contributed by atoms with Crippen LogP contribution in [0.4, 0.5) is 10.2 Å². The minimum absolute atomic E-state index is 0.0361. The lowest BCUT2D eigenvalue weighted by atomic mass is 10.0. The Bertz CT molecular complexity index is 1330. The standard InChI is InChI=1S/C24H22FN5O/c1-14-3-6-20(25)23-19(14)9-15(2)30(23)8-7-26-22-11-21(28-13-29-22)16-4-5-18-17(10-16)12-27-24(18)31/h3-6,9-11,13H,7-8,12H2,1-2H3,(H,27,31)(H,26,28,29). The Kier molecular flexibility index (Phi) is 4.66. The minimum Gasteiger partial charge on any atom is -0.368 e. The third kappa shape index (κ3) is 3.42. The van der Waals surface area contributed by atoms with Crippen molar-refractivity contribution in [2.45, 2.75) is 26.9 Å². The van der Waals surface area contributed by atoms with Crippen LogP contribution >= 0.6 is 0 Å². The molecule has 0 fully saturated rings. The molecule has 1 amide bonds. The van der Waals surface area contributed by atoms with Crippen LogP contribution < -0.4 is 10.6 Å². The maximum Gasteiger partial charge on any atom is 0.251 e. The van der Waals surface area contributed by atoms with Gasteiger partial charge in [-0.2, -0.15) is 0 Å². The van der Waals surface area contributed by atoms with E-state index < -0.39 is 0 Å². The number of anilines is 1. The summed E-state index contributed by atoms with van der Waals surface area (Å²) >= 11 is 0. The van der Waals surface area contributed by atoms with E-state index in [2.05, 4.69) is 20.6 Å². The van der Waals surface area contributed by atoms with E-state index in [9.17, 15) is 9.18 Å². The van der Waals surface area contributed by atoms with Gasteiger partial charge in [-0.15, -0.1) is 0 Å². The molecule has 0 aliphatic carbocycles. The summed E-state index contributed by atoms with van der Waals surface area (Å²) in [5.41, 5.74) is 6.14. The number of carbonyl (C=O) groups excluding carboxylic acids is 1. The fraction of sp³-hybridized carbons (Fsp3) is 0.208. The van der Waals surface area contributed by atoms with Crippen molar-refractivity contribution in [3.63, 3.8) is 0 Å². The number of nitrogens with one attached hydrogen (secondary N) is 2. The van der Waals surface area contributed by atoms with Crippen LogP contribution in [0.1, 0.15) is 27.2 Å². The maximum atomic E-state index is 14.5. The van der Waals surface area contributed by atoms with Crippen molar-refractivity contribution in [2.75, 3.05) is 11.9 Å². The highest BCUT2D eigenvalue weighted by Crippen LogP contribution is 2.26. The highest BCUT2D eigenvalue weighted by molar-refractivity contribution is 5.98. The number of benzene rings is 2. The van der Waals surface area contributed by atoms with Gasteiger partial charge in [-0.05, 0) is 49.2 Å². The van der Waals surface area contributed by atoms with Gasteiger partial charge in [0.1, 0.15) is 18.0 Å². The molecule has 31 heavy (non-hydrogen) atoms. The molecule has 2 N–H and O–H groups in total.